The first-order valence-corrected chi connectivity index (χ1v) is 8.34. The second-order valence-corrected chi connectivity index (χ2v) is 6.43. The summed E-state index contributed by atoms with van der Waals surface area (Å²) in [5.74, 6) is -0.463. The van der Waals surface area contributed by atoms with Gasteiger partial charge in [-0.05, 0) is 35.9 Å². The van der Waals surface area contributed by atoms with Crippen molar-refractivity contribution >= 4 is 21.8 Å². The number of hydrogen-bond donors (Lipinski definition) is 2. The number of carbonyl (C=O) groups excluding carboxylic acids is 1. The van der Waals surface area contributed by atoms with Crippen LogP contribution >= 0.6 is 15.9 Å². The van der Waals surface area contributed by atoms with Gasteiger partial charge in [0.1, 0.15) is 18.1 Å². The number of alkyl halides is 3. The molecule has 6 nitrogen and oxygen atoms in total. The lowest BCUT2D eigenvalue weighted by atomic mass is 10.1. The number of aromatic nitrogens is 3. The zero-order valence-electron chi connectivity index (χ0n) is 13.5. The Labute approximate surface area is 159 Å². The van der Waals surface area contributed by atoms with Gasteiger partial charge in [-0.15, -0.1) is 0 Å². The number of H-pyrrole nitrogens is 1. The standard InChI is InChI=1S/C17H12BrF3N4O2/c18-11-4-5-13(12(7-11)14-15(16(22)26)24-25-23-14)27-8-9-2-1-3-10(6-9)17(19,20)21/h1-7H,8H2,(H2,22,26)(H,23,24,25). The van der Waals surface area contributed by atoms with Gasteiger partial charge in [0.25, 0.3) is 5.91 Å². The van der Waals surface area contributed by atoms with E-state index in [1.54, 1.807) is 18.2 Å². The Morgan fingerprint density at radius 1 is 1.19 bits per heavy atom. The molecule has 0 fully saturated rings. The summed E-state index contributed by atoms with van der Waals surface area (Å²) in [4.78, 5) is 11.5. The van der Waals surface area contributed by atoms with Crippen LogP contribution in [-0.2, 0) is 12.8 Å². The molecule has 27 heavy (non-hydrogen) atoms. The summed E-state index contributed by atoms with van der Waals surface area (Å²) in [6.07, 6.45) is -4.43. The fourth-order valence-corrected chi connectivity index (χ4v) is 2.76. The number of rotatable bonds is 5. The van der Waals surface area contributed by atoms with E-state index in [9.17, 15) is 18.0 Å². The number of carbonyl (C=O) groups is 1. The van der Waals surface area contributed by atoms with Gasteiger partial charge in [-0.3, -0.25) is 4.79 Å². The average Bonchev–Trinajstić information content (AvgIpc) is 3.10. The SMILES string of the molecule is NC(=O)c1n[nH]nc1-c1cc(Br)ccc1OCc1cccc(C(F)(F)F)c1. The van der Waals surface area contributed by atoms with Crippen LogP contribution in [0.3, 0.4) is 0 Å². The summed E-state index contributed by atoms with van der Waals surface area (Å²) in [5, 5.41) is 9.96. The molecule has 0 aliphatic carbocycles. The molecule has 0 saturated carbocycles. The number of amides is 1. The molecule has 1 aromatic heterocycles. The van der Waals surface area contributed by atoms with Crippen molar-refractivity contribution in [3.63, 3.8) is 0 Å². The molecule has 2 aromatic carbocycles. The van der Waals surface area contributed by atoms with E-state index in [1.165, 1.54) is 12.1 Å². The molecule has 0 aliphatic rings. The maximum absolute atomic E-state index is 12.8. The number of aromatic amines is 1. The highest BCUT2D eigenvalue weighted by molar-refractivity contribution is 9.10. The molecule has 0 saturated heterocycles. The number of ether oxygens (including phenoxy) is 1. The molecular weight excluding hydrogens is 429 g/mol. The second kappa shape index (κ2) is 7.39. The Morgan fingerprint density at radius 3 is 2.67 bits per heavy atom. The van der Waals surface area contributed by atoms with Gasteiger partial charge in [0, 0.05) is 10.0 Å². The Balaban J connectivity index is 1.91. The lowest BCUT2D eigenvalue weighted by Crippen LogP contribution is -2.13. The molecule has 3 aromatic rings. The molecule has 0 aliphatic heterocycles. The fraction of sp³-hybridized carbons (Fsp3) is 0.118. The van der Waals surface area contributed by atoms with Crippen LogP contribution in [0.5, 0.6) is 5.75 Å². The maximum Gasteiger partial charge on any atom is 0.416 e. The predicted octanol–water partition coefficient (Wildman–Crippen LogP) is 3.93. The average molecular weight is 441 g/mol. The summed E-state index contributed by atoms with van der Waals surface area (Å²) in [6, 6.07) is 9.78. The van der Waals surface area contributed by atoms with Crippen molar-refractivity contribution in [2.75, 3.05) is 0 Å². The van der Waals surface area contributed by atoms with Crippen molar-refractivity contribution in [2.24, 2.45) is 5.73 Å². The largest absolute Gasteiger partial charge is 0.488 e. The van der Waals surface area contributed by atoms with Crippen LogP contribution in [0.25, 0.3) is 11.3 Å². The van der Waals surface area contributed by atoms with E-state index >= 15 is 0 Å². The van der Waals surface area contributed by atoms with Crippen LogP contribution in [0.1, 0.15) is 21.6 Å². The summed E-state index contributed by atoms with van der Waals surface area (Å²) >= 11 is 3.32. The van der Waals surface area contributed by atoms with Gasteiger partial charge in [-0.2, -0.15) is 28.6 Å². The predicted molar refractivity (Wildman–Crippen MR) is 93.8 cm³/mol. The van der Waals surface area contributed by atoms with Crippen molar-refractivity contribution in [1.82, 2.24) is 15.4 Å². The molecule has 0 spiro atoms. The lowest BCUT2D eigenvalue weighted by Gasteiger charge is -2.13. The normalized spacial score (nSPS) is 11.4. The molecule has 3 N–H and O–H groups in total. The van der Waals surface area contributed by atoms with Crippen LogP contribution in [0.4, 0.5) is 13.2 Å². The maximum atomic E-state index is 12.8. The molecule has 140 valence electrons. The highest BCUT2D eigenvalue weighted by Crippen LogP contribution is 2.34. The molecule has 1 heterocycles. The van der Waals surface area contributed by atoms with E-state index < -0.39 is 17.6 Å². The first-order valence-electron chi connectivity index (χ1n) is 7.55. The number of nitrogens with two attached hydrogens (primary N) is 1. The Hall–Kier alpha value is -2.88. The highest BCUT2D eigenvalue weighted by atomic mass is 79.9. The molecule has 0 unspecified atom stereocenters. The van der Waals surface area contributed by atoms with Crippen LogP contribution in [0.2, 0.25) is 0 Å². The molecule has 0 bridgehead atoms. The first kappa shape index (κ1) is 18.9. The molecule has 1 amide bonds. The summed E-state index contributed by atoms with van der Waals surface area (Å²) in [6.45, 7) is -0.109. The lowest BCUT2D eigenvalue weighted by molar-refractivity contribution is -0.137. The Bertz CT molecular complexity index is 988. The minimum Gasteiger partial charge on any atom is -0.488 e. The zero-order valence-corrected chi connectivity index (χ0v) is 15.1. The van der Waals surface area contributed by atoms with Gasteiger partial charge in [-0.1, -0.05) is 28.1 Å². The van der Waals surface area contributed by atoms with E-state index in [0.29, 0.717) is 21.3 Å². The quantitative estimate of drug-likeness (QED) is 0.628. The number of benzene rings is 2. The van der Waals surface area contributed by atoms with Crippen molar-refractivity contribution < 1.29 is 22.7 Å². The van der Waals surface area contributed by atoms with E-state index in [1.807, 2.05) is 0 Å². The number of nitrogens with one attached hydrogen (secondary N) is 1. The van der Waals surface area contributed by atoms with Crippen molar-refractivity contribution in [3.05, 3.63) is 63.8 Å². The third kappa shape index (κ3) is 4.27. The van der Waals surface area contributed by atoms with Crippen LogP contribution in [0, 0.1) is 0 Å². The smallest absolute Gasteiger partial charge is 0.416 e. The van der Waals surface area contributed by atoms with Gasteiger partial charge in [-0.25, -0.2) is 0 Å². The second-order valence-electron chi connectivity index (χ2n) is 5.51. The summed E-state index contributed by atoms with van der Waals surface area (Å²) < 4.78 is 44.9. The molecule has 10 heteroatoms. The molecular formula is C17H12BrF3N4O2. The van der Waals surface area contributed by atoms with Crippen molar-refractivity contribution in [2.45, 2.75) is 12.8 Å². The van der Waals surface area contributed by atoms with Crippen molar-refractivity contribution in [3.8, 4) is 17.0 Å². The Kier molecular flexibility index (Phi) is 5.17. The first-order chi connectivity index (χ1) is 12.8. The van der Waals surface area contributed by atoms with Gasteiger partial charge >= 0.3 is 6.18 Å². The molecule has 0 radical (unpaired) electrons. The number of nitrogens with zero attached hydrogens (tertiary/aromatic N) is 2. The van der Waals surface area contributed by atoms with Crippen LogP contribution < -0.4 is 10.5 Å². The highest BCUT2D eigenvalue weighted by Gasteiger charge is 2.30. The van der Waals surface area contributed by atoms with E-state index in [4.69, 9.17) is 10.5 Å². The molecule has 3 rings (SSSR count). The van der Waals surface area contributed by atoms with Crippen LogP contribution in [-0.4, -0.2) is 21.3 Å². The monoisotopic (exact) mass is 440 g/mol. The van der Waals surface area contributed by atoms with Crippen molar-refractivity contribution in [1.29, 1.82) is 0 Å². The molecule has 0 atom stereocenters. The minimum atomic E-state index is -4.43. The number of halogens is 4. The van der Waals surface area contributed by atoms with Gasteiger partial charge < -0.3 is 10.5 Å². The fourth-order valence-electron chi connectivity index (χ4n) is 2.40. The zero-order chi connectivity index (χ0) is 19.6. The third-order valence-corrected chi connectivity index (χ3v) is 4.12. The van der Waals surface area contributed by atoms with Crippen LogP contribution in [0.15, 0.2) is 46.9 Å². The van der Waals surface area contributed by atoms with Gasteiger partial charge in [0.05, 0.1) is 5.56 Å². The van der Waals surface area contributed by atoms with E-state index in [2.05, 4.69) is 31.3 Å². The third-order valence-electron chi connectivity index (χ3n) is 3.63. The summed E-state index contributed by atoms with van der Waals surface area (Å²) in [7, 11) is 0. The van der Waals surface area contributed by atoms with Gasteiger partial charge in [0.2, 0.25) is 0 Å². The minimum absolute atomic E-state index is 0.0722. The Morgan fingerprint density at radius 2 is 1.96 bits per heavy atom. The number of hydrogen-bond acceptors (Lipinski definition) is 4. The van der Waals surface area contributed by atoms with Gasteiger partial charge in [0.15, 0.2) is 5.69 Å². The van der Waals surface area contributed by atoms with E-state index in [0.717, 1.165) is 12.1 Å². The topological polar surface area (TPSA) is 93.9 Å². The summed E-state index contributed by atoms with van der Waals surface area (Å²) in [5.41, 5.74) is 5.40. The number of primary amides is 1. The van der Waals surface area contributed by atoms with E-state index in [-0.39, 0.29) is 18.0 Å².